The Morgan fingerprint density at radius 3 is 2.54 bits per heavy atom. The Morgan fingerprint density at radius 2 is 1.92 bits per heavy atom. The molecule has 140 valence electrons. The number of carbonyl (C=O) groups is 2. The maximum absolute atomic E-state index is 13.3. The molecule has 0 bridgehead atoms. The Balaban J connectivity index is 2.04. The number of carbonyl (C=O) groups excluding carboxylic acids is 2. The number of hydrogen-bond acceptors (Lipinski definition) is 6. The monoisotopic (exact) mass is 396 g/mol. The minimum atomic E-state index is -3.90. The van der Waals surface area contributed by atoms with Crippen LogP contribution in [-0.4, -0.2) is 44.3 Å². The van der Waals surface area contributed by atoms with Gasteiger partial charge in [-0.05, 0) is 25.8 Å². The maximum atomic E-state index is 13.3. The molecule has 1 saturated heterocycles. The third kappa shape index (κ3) is 3.34. The largest absolute Gasteiger partial charge is 0.462 e. The summed E-state index contributed by atoms with van der Waals surface area (Å²) in [4.78, 5) is 23.8. The first kappa shape index (κ1) is 18.8. The Kier molecular flexibility index (Phi) is 5.31. The number of fused-ring (bicyclic) bond motifs is 1. The molecular formula is C17H20N2O5S2. The van der Waals surface area contributed by atoms with Gasteiger partial charge in [-0.15, -0.1) is 11.3 Å². The van der Waals surface area contributed by atoms with E-state index in [-0.39, 0.29) is 35.4 Å². The number of benzene rings is 1. The summed E-state index contributed by atoms with van der Waals surface area (Å²) in [5.41, 5.74) is 5.32. The lowest BCUT2D eigenvalue weighted by Crippen LogP contribution is -2.41. The first-order chi connectivity index (χ1) is 12.4. The lowest BCUT2D eigenvalue weighted by molar-refractivity contribution is -0.122. The standard InChI is InChI=1S/C17H20N2O5S2/c1-2-24-17(21)14-15(12-5-3-4-6-13(12)25-14)26(22,23)19-9-7-11(8-10-19)16(18)20/h3-6,11H,2,7-10H2,1H3,(H2,18,20). The highest BCUT2D eigenvalue weighted by atomic mass is 32.2. The Hall–Kier alpha value is -1.97. The van der Waals surface area contributed by atoms with Crippen molar-refractivity contribution >= 4 is 43.3 Å². The van der Waals surface area contributed by atoms with Crippen molar-refractivity contribution in [1.82, 2.24) is 4.31 Å². The first-order valence-electron chi connectivity index (χ1n) is 8.34. The number of sulfonamides is 1. The molecule has 0 spiro atoms. The Bertz CT molecular complexity index is 943. The van der Waals surface area contributed by atoms with Crippen molar-refractivity contribution in [3.05, 3.63) is 29.1 Å². The maximum Gasteiger partial charge on any atom is 0.349 e. The number of ether oxygens (including phenoxy) is 1. The second-order valence-electron chi connectivity index (χ2n) is 6.06. The fraction of sp³-hybridized carbons (Fsp3) is 0.412. The molecule has 0 saturated carbocycles. The van der Waals surface area contributed by atoms with Gasteiger partial charge in [0.05, 0.1) is 6.61 Å². The van der Waals surface area contributed by atoms with Gasteiger partial charge in [-0.1, -0.05) is 18.2 Å². The van der Waals surface area contributed by atoms with Crippen molar-refractivity contribution < 1.29 is 22.7 Å². The highest BCUT2D eigenvalue weighted by molar-refractivity contribution is 7.89. The SMILES string of the molecule is CCOC(=O)c1sc2ccccc2c1S(=O)(=O)N1CCC(C(N)=O)CC1. The van der Waals surface area contributed by atoms with Crippen LogP contribution in [0.2, 0.25) is 0 Å². The number of hydrogen-bond donors (Lipinski definition) is 1. The van der Waals surface area contributed by atoms with Crippen molar-refractivity contribution in [3.63, 3.8) is 0 Å². The van der Waals surface area contributed by atoms with Crippen LogP contribution in [-0.2, 0) is 19.6 Å². The van der Waals surface area contributed by atoms with Gasteiger partial charge in [0.25, 0.3) is 0 Å². The average Bonchev–Trinajstić information content (AvgIpc) is 3.02. The predicted molar refractivity (Wildman–Crippen MR) is 98.5 cm³/mol. The molecule has 1 fully saturated rings. The summed E-state index contributed by atoms with van der Waals surface area (Å²) < 4.78 is 33.6. The molecule has 1 aliphatic heterocycles. The number of esters is 1. The van der Waals surface area contributed by atoms with E-state index in [1.54, 1.807) is 31.2 Å². The van der Waals surface area contributed by atoms with E-state index in [2.05, 4.69) is 0 Å². The van der Waals surface area contributed by atoms with Crippen molar-refractivity contribution in [3.8, 4) is 0 Å². The summed E-state index contributed by atoms with van der Waals surface area (Å²) in [7, 11) is -3.90. The first-order valence-corrected chi connectivity index (χ1v) is 10.6. The molecular weight excluding hydrogens is 376 g/mol. The molecule has 0 atom stereocenters. The highest BCUT2D eigenvalue weighted by Gasteiger charge is 2.36. The van der Waals surface area contributed by atoms with Crippen LogP contribution in [0.5, 0.6) is 0 Å². The normalized spacial score (nSPS) is 16.7. The highest BCUT2D eigenvalue weighted by Crippen LogP contribution is 2.37. The van der Waals surface area contributed by atoms with Crippen molar-refractivity contribution in [2.75, 3.05) is 19.7 Å². The Labute approximate surface area is 155 Å². The summed E-state index contributed by atoms with van der Waals surface area (Å²) >= 11 is 1.11. The molecule has 26 heavy (non-hydrogen) atoms. The van der Waals surface area contributed by atoms with E-state index >= 15 is 0 Å². The van der Waals surface area contributed by atoms with Crippen molar-refractivity contribution in [1.29, 1.82) is 0 Å². The lowest BCUT2D eigenvalue weighted by Gasteiger charge is -2.29. The molecule has 2 aromatic rings. The van der Waals surface area contributed by atoms with Gasteiger partial charge in [-0.3, -0.25) is 4.79 Å². The molecule has 0 aliphatic carbocycles. The molecule has 7 nitrogen and oxygen atoms in total. The predicted octanol–water partition coefficient (Wildman–Crippen LogP) is 1.96. The van der Waals surface area contributed by atoms with Gasteiger partial charge in [-0.2, -0.15) is 4.31 Å². The van der Waals surface area contributed by atoms with Crippen LogP contribution >= 0.6 is 11.3 Å². The number of piperidine rings is 1. The molecule has 0 radical (unpaired) electrons. The van der Waals surface area contributed by atoms with Gasteiger partial charge < -0.3 is 10.5 Å². The zero-order valence-electron chi connectivity index (χ0n) is 14.3. The third-order valence-corrected chi connectivity index (χ3v) is 7.73. The fourth-order valence-electron chi connectivity index (χ4n) is 3.12. The van der Waals surface area contributed by atoms with Crippen LogP contribution in [0.4, 0.5) is 0 Å². The molecule has 0 unspecified atom stereocenters. The third-order valence-electron chi connectivity index (χ3n) is 4.46. The second-order valence-corrected chi connectivity index (χ2v) is 8.98. The zero-order valence-corrected chi connectivity index (χ0v) is 15.9. The molecule has 1 amide bonds. The van der Waals surface area contributed by atoms with E-state index in [4.69, 9.17) is 10.5 Å². The van der Waals surface area contributed by atoms with Crippen molar-refractivity contribution in [2.24, 2.45) is 11.7 Å². The van der Waals surface area contributed by atoms with E-state index in [9.17, 15) is 18.0 Å². The second kappa shape index (κ2) is 7.34. The van der Waals surface area contributed by atoms with Crippen LogP contribution in [0.3, 0.4) is 0 Å². The average molecular weight is 396 g/mol. The van der Waals surface area contributed by atoms with Crippen LogP contribution in [0.1, 0.15) is 29.4 Å². The van der Waals surface area contributed by atoms with Gasteiger partial charge >= 0.3 is 5.97 Å². The summed E-state index contributed by atoms with van der Waals surface area (Å²) in [6.07, 6.45) is 0.761. The van der Waals surface area contributed by atoms with Gasteiger partial charge in [0, 0.05) is 29.1 Å². The summed E-state index contributed by atoms with van der Waals surface area (Å²) in [6.45, 7) is 2.23. The van der Waals surface area contributed by atoms with Crippen molar-refractivity contribution in [2.45, 2.75) is 24.7 Å². The number of thiophene rings is 1. The summed E-state index contributed by atoms with van der Waals surface area (Å²) in [5, 5.41) is 0.512. The van der Waals surface area contributed by atoms with E-state index < -0.39 is 21.9 Å². The molecule has 9 heteroatoms. The Morgan fingerprint density at radius 1 is 1.27 bits per heavy atom. The summed E-state index contributed by atoms with van der Waals surface area (Å²) in [6, 6.07) is 7.00. The van der Waals surface area contributed by atoms with Crippen LogP contribution in [0.25, 0.3) is 10.1 Å². The number of nitrogens with zero attached hydrogens (tertiary/aromatic N) is 1. The van der Waals surface area contributed by atoms with Gasteiger partial charge in [0.1, 0.15) is 9.77 Å². The lowest BCUT2D eigenvalue weighted by atomic mass is 9.98. The van der Waals surface area contributed by atoms with Crippen LogP contribution in [0, 0.1) is 5.92 Å². The van der Waals surface area contributed by atoms with E-state index in [1.165, 1.54) is 4.31 Å². The molecule has 2 heterocycles. The smallest absolute Gasteiger partial charge is 0.349 e. The zero-order chi connectivity index (χ0) is 18.9. The van der Waals surface area contributed by atoms with E-state index in [0.717, 1.165) is 11.3 Å². The topological polar surface area (TPSA) is 107 Å². The number of rotatable bonds is 5. The molecule has 3 rings (SSSR count). The minimum Gasteiger partial charge on any atom is -0.462 e. The van der Waals surface area contributed by atoms with E-state index in [0.29, 0.717) is 22.9 Å². The molecule has 1 aromatic carbocycles. The van der Waals surface area contributed by atoms with E-state index in [1.807, 2.05) is 0 Å². The fourth-order valence-corrected chi connectivity index (χ4v) is 6.34. The summed E-state index contributed by atoms with van der Waals surface area (Å²) in [5.74, 6) is -1.36. The number of amides is 1. The van der Waals surface area contributed by atoms with Gasteiger partial charge in [0.2, 0.25) is 15.9 Å². The molecule has 1 aromatic heterocycles. The van der Waals surface area contributed by atoms with Gasteiger partial charge in [-0.25, -0.2) is 13.2 Å². The number of primary amides is 1. The molecule has 1 aliphatic rings. The number of nitrogens with two attached hydrogens (primary N) is 1. The van der Waals surface area contributed by atoms with Crippen LogP contribution in [0.15, 0.2) is 29.2 Å². The quantitative estimate of drug-likeness (QED) is 0.778. The molecule has 2 N–H and O–H groups in total. The minimum absolute atomic E-state index is 0.00549. The van der Waals surface area contributed by atoms with Crippen LogP contribution < -0.4 is 5.73 Å². The van der Waals surface area contributed by atoms with Gasteiger partial charge in [0.15, 0.2) is 0 Å².